The number of aliphatic hydroxyl groups is 1. The lowest BCUT2D eigenvalue weighted by Crippen LogP contribution is -2.33. The predicted molar refractivity (Wildman–Crippen MR) is 81.5 cm³/mol. The van der Waals surface area contributed by atoms with Crippen LogP contribution in [0.2, 0.25) is 0 Å². The molecule has 1 aliphatic rings. The molecule has 0 unspecified atom stereocenters. The van der Waals surface area contributed by atoms with E-state index in [1.165, 1.54) is 10.4 Å². The Morgan fingerprint density at radius 1 is 1.57 bits per heavy atom. The third-order valence-electron chi connectivity index (χ3n) is 3.52. The van der Waals surface area contributed by atoms with Gasteiger partial charge in [-0.1, -0.05) is 6.08 Å². The predicted octanol–water partition coefficient (Wildman–Crippen LogP) is 0.711. The van der Waals surface area contributed by atoms with E-state index in [0.29, 0.717) is 12.6 Å². The summed E-state index contributed by atoms with van der Waals surface area (Å²) in [4.78, 5) is 0.287. The van der Waals surface area contributed by atoms with Gasteiger partial charge in [0, 0.05) is 37.6 Å². The van der Waals surface area contributed by atoms with Crippen LogP contribution in [-0.2, 0) is 16.6 Å². The number of hydrogen-bond acceptors (Lipinski definition) is 4. The lowest BCUT2D eigenvalue weighted by atomic mass is 10.4. The molecule has 0 saturated heterocycles. The highest BCUT2D eigenvalue weighted by molar-refractivity contribution is 7.89. The van der Waals surface area contributed by atoms with Crippen LogP contribution < -0.4 is 5.32 Å². The summed E-state index contributed by atoms with van der Waals surface area (Å²) >= 11 is 0. The molecule has 2 N–H and O–H groups in total. The molecule has 2 rings (SSSR count). The SMILES string of the molecule is C=CCN(CCO)S(=O)(=O)c1cc(CNC)n(C2CC2)c1. The van der Waals surface area contributed by atoms with E-state index in [9.17, 15) is 8.42 Å². The first-order valence-electron chi connectivity index (χ1n) is 7.11. The minimum absolute atomic E-state index is 0.0737. The first-order valence-corrected chi connectivity index (χ1v) is 8.55. The van der Waals surface area contributed by atoms with Crippen LogP contribution in [0.1, 0.15) is 24.6 Å². The number of nitrogens with one attached hydrogen (secondary N) is 1. The van der Waals surface area contributed by atoms with E-state index in [1.54, 1.807) is 12.3 Å². The van der Waals surface area contributed by atoms with Gasteiger partial charge in [0.1, 0.15) is 4.90 Å². The summed E-state index contributed by atoms with van der Waals surface area (Å²) in [6, 6.07) is 2.14. The number of aromatic nitrogens is 1. The average molecular weight is 313 g/mol. The molecule has 1 heterocycles. The van der Waals surface area contributed by atoms with Crippen LogP contribution in [0.4, 0.5) is 0 Å². The summed E-state index contributed by atoms with van der Waals surface area (Å²) < 4.78 is 28.6. The molecule has 0 aromatic carbocycles. The molecular weight excluding hydrogens is 290 g/mol. The molecule has 0 spiro atoms. The summed E-state index contributed by atoms with van der Waals surface area (Å²) in [6.45, 7) is 4.27. The zero-order chi connectivity index (χ0) is 15.5. The molecule has 1 fully saturated rings. The second-order valence-corrected chi connectivity index (χ2v) is 7.15. The highest BCUT2D eigenvalue weighted by Crippen LogP contribution is 2.37. The lowest BCUT2D eigenvalue weighted by Gasteiger charge is -2.18. The molecule has 6 nitrogen and oxygen atoms in total. The van der Waals surface area contributed by atoms with Crippen molar-refractivity contribution in [3.8, 4) is 0 Å². The number of aliphatic hydroxyl groups excluding tert-OH is 1. The average Bonchev–Trinajstić information content (AvgIpc) is 3.20. The van der Waals surface area contributed by atoms with Gasteiger partial charge in [-0.3, -0.25) is 0 Å². The molecule has 1 aromatic rings. The van der Waals surface area contributed by atoms with Gasteiger partial charge >= 0.3 is 0 Å². The first-order chi connectivity index (χ1) is 10.0. The van der Waals surface area contributed by atoms with E-state index in [0.717, 1.165) is 18.5 Å². The zero-order valence-electron chi connectivity index (χ0n) is 12.3. The number of hydrogen-bond donors (Lipinski definition) is 2. The van der Waals surface area contributed by atoms with Crippen LogP contribution >= 0.6 is 0 Å². The molecule has 7 heteroatoms. The summed E-state index contributed by atoms with van der Waals surface area (Å²) in [5.41, 5.74) is 0.973. The lowest BCUT2D eigenvalue weighted by molar-refractivity contribution is 0.260. The van der Waals surface area contributed by atoms with E-state index < -0.39 is 10.0 Å². The highest BCUT2D eigenvalue weighted by Gasteiger charge is 2.30. The zero-order valence-corrected chi connectivity index (χ0v) is 13.1. The van der Waals surface area contributed by atoms with Crippen LogP contribution in [0.3, 0.4) is 0 Å². The van der Waals surface area contributed by atoms with Crippen molar-refractivity contribution in [3.63, 3.8) is 0 Å². The van der Waals surface area contributed by atoms with Gasteiger partial charge in [0.05, 0.1) is 6.61 Å². The second kappa shape index (κ2) is 6.74. The number of nitrogens with zero attached hydrogens (tertiary/aromatic N) is 2. The minimum atomic E-state index is -3.60. The Hall–Kier alpha value is -1.15. The first kappa shape index (κ1) is 16.2. The van der Waals surface area contributed by atoms with Gasteiger partial charge in [-0.05, 0) is 26.0 Å². The Balaban J connectivity index is 2.34. The highest BCUT2D eigenvalue weighted by atomic mass is 32.2. The quantitative estimate of drug-likeness (QED) is 0.659. The maximum atomic E-state index is 12.7. The van der Waals surface area contributed by atoms with E-state index in [4.69, 9.17) is 5.11 Å². The Morgan fingerprint density at radius 2 is 2.29 bits per heavy atom. The van der Waals surface area contributed by atoms with Gasteiger partial charge in [-0.25, -0.2) is 8.42 Å². The van der Waals surface area contributed by atoms with Crippen LogP contribution in [0.25, 0.3) is 0 Å². The third kappa shape index (κ3) is 3.55. The summed E-state index contributed by atoms with van der Waals surface area (Å²) in [5.74, 6) is 0. The van der Waals surface area contributed by atoms with Crippen molar-refractivity contribution in [2.24, 2.45) is 0 Å². The summed E-state index contributed by atoms with van der Waals surface area (Å²) in [6.07, 6.45) is 5.43. The molecule has 0 bridgehead atoms. The van der Waals surface area contributed by atoms with Crippen molar-refractivity contribution >= 4 is 10.0 Å². The summed E-state index contributed by atoms with van der Waals surface area (Å²) in [5, 5.41) is 12.1. The fourth-order valence-corrected chi connectivity index (χ4v) is 3.82. The maximum Gasteiger partial charge on any atom is 0.244 e. The van der Waals surface area contributed by atoms with Crippen molar-refractivity contribution in [2.75, 3.05) is 26.7 Å². The van der Waals surface area contributed by atoms with Gasteiger partial charge in [0.2, 0.25) is 10.0 Å². The topological polar surface area (TPSA) is 74.6 Å². The molecule has 1 aromatic heterocycles. The van der Waals surface area contributed by atoms with Crippen LogP contribution in [-0.4, -0.2) is 49.1 Å². The normalized spacial score (nSPS) is 15.6. The fraction of sp³-hybridized carbons (Fsp3) is 0.571. The standard InChI is InChI=1S/C14H23N3O3S/c1-3-6-16(7-8-18)21(19,20)14-9-13(10-15-2)17(11-14)12-4-5-12/h3,9,11-12,15,18H,1,4-8,10H2,2H3. The van der Waals surface area contributed by atoms with E-state index in [2.05, 4.69) is 16.5 Å². The molecule has 1 saturated carbocycles. The number of rotatable bonds is 9. The van der Waals surface area contributed by atoms with Gasteiger partial charge in [0.25, 0.3) is 0 Å². The smallest absolute Gasteiger partial charge is 0.244 e. The van der Waals surface area contributed by atoms with Crippen molar-refractivity contribution < 1.29 is 13.5 Å². The third-order valence-corrected chi connectivity index (χ3v) is 5.36. The van der Waals surface area contributed by atoms with Gasteiger partial charge in [0.15, 0.2) is 0 Å². The largest absolute Gasteiger partial charge is 0.395 e. The molecule has 0 radical (unpaired) electrons. The van der Waals surface area contributed by atoms with E-state index in [1.807, 2.05) is 7.05 Å². The van der Waals surface area contributed by atoms with Crippen molar-refractivity contribution in [2.45, 2.75) is 30.3 Å². The van der Waals surface area contributed by atoms with E-state index in [-0.39, 0.29) is 24.6 Å². The van der Waals surface area contributed by atoms with Crippen LogP contribution in [0, 0.1) is 0 Å². The van der Waals surface area contributed by atoms with E-state index >= 15 is 0 Å². The Bertz CT molecular complexity index is 591. The minimum Gasteiger partial charge on any atom is -0.395 e. The summed E-state index contributed by atoms with van der Waals surface area (Å²) in [7, 11) is -1.76. The molecule has 0 amide bonds. The molecule has 0 aliphatic heterocycles. The molecule has 1 aliphatic carbocycles. The Morgan fingerprint density at radius 3 is 2.81 bits per heavy atom. The Labute approximate surface area is 126 Å². The van der Waals surface area contributed by atoms with Gasteiger partial charge < -0.3 is 15.0 Å². The van der Waals surface area contributed by atoms with Crippen molar-refractivity contribution in [1.29, 1.82) is 0 Å². The van der Waals surface area contributed by atoms with Crippen molar-refractivity contribution in [1.82, 2.24) is 14.2 Å². The van der Waals surface area contributed by atoms with Crippen LogP contribution in [0.5, 0.6) is 0 Å². The maximum absolute atomic E-state index is 12.7. The second-order valence-electron chi connectivity index (χ2n) is 5.21. The van der Waals surface area contributed by atoms with Gasteiger partial charge in [-0.2, -0.15) is 4.31 Å². The molecule has 21 heavy (non-hydrogen) atoms. The van der Waals surface area contributed by atoms with Gasteiger partial charge in [-0.15, -0.1) is 6.58 Å². The van der Waals surface area contributed by atoms with Crippen LogP contribution in [0.15, 0.2) is 29.8 Å². The monoisotopic (exact) mass is 313 g/mol. The molecule has 118 valence electrons. The molecular formula is C14H23N3O3S. The fourth-order valence-electron chi connectivity index (χ4n) is 2.37. The van der Waals surface area contributed by atoms with Crippen molar-refractivity contribution in [3.05, 3.63) is 30.6 Å². The molecule has 0 atom stereocenters. The Kier molecular flexibility index (Phi) is 5.21. The number of sulfonamides is 1.